The van der Waals surface area contributed by atoms with Crippen molar-refractivity contribution in [2.75, 3.05) is 21.3 Å². The summed E-state index contributed by atoms with van der Waals surface area (Å²) in [6.45, 7) is 5.18. The van der Waals surface area contributed by atoms with Gasteiger partial charge in [0.2, 0.25) is 5.75 Å². The predicted octanol–water partition coefficient (Wildman–Crippen LogP) is 3.38. The van der Waals surface area contributed by atoms with Gasteiger partial charge < -0.3 is 19.5 Å². The maximum atomic E-state index is 5.49. The fraction of sp³-hybridized carbons (Fsp3) is 0.625. The van der Waals surface area contributed by atoms with Crippen molar-refractivity contribution in [3.63, 3.8) is 0 Å². The van der Waals surface area contributed by atoms with Gasteiger partial charge in [-0.3, -0.25) is 0 Å². The highest BCUT2D eigenvalue weighted by Gasteiger charge is 2.16. The molecule has 1 aromatic carbocycles. The van der Waals surface area contributed by atoms with E-state index in [9.17, 15) is 0 Å². The molecule has 114 valence electrons. The van der Waals surface area contributed by atoms with E-state index < -0.39 is 0 Å². The van der Waals surface area contributed by atoms with Crippen LogP contribution in [0.15, 0.2) is 12.1 Å². The van der Waals surface area contributed by atoms with Gasteiger partial charge in [-0.05, 0) is 18.9 Å². The predicted molar refractivity (Wildman–Crippen MR) is 81.9 cm³/mol. The molecule has 0 aliphatic heterocycles. The maximum Gasteiger partial charge on any atom is 0.203 e. The highest BCUT2D eigenvalue weighted by Crippen LogP contribution is 2.39. The van der Waals surface area contributed by atoms with Crippen molar-refractivity contribution in [1.29, 1.82) is 0 Å². The SMILES string of the molecule is CCCC(CC)NCc1ccc(OC)c(OC)c1OC. The molecule has 0 fully saturated rings. The van der Waals surface area contributed by atoms with E-state index in [1.54, 1.807) is 21.3 Å². The van der Waals surface area contributed by atoms with Crippen LogP contribution in [0.25, 0.3) is 0 Å². The molecule has 20 heavy (non-hydrogen) atoms. The zero-order valence-corrected chi connectivity index (χ0v) is 13.3. The molecule has 0 heterocycles. The van der Waals surface area contributed by atoms with Crippen molar-refractivity contribution >= 4 is 0 Å². The van der Waals surface area contributed by atoms with Crippen molar-refractivity contribution in [2.24, 2.45) is 0 Å². The van der Waals surface area contributed by atoms with Crippen LogP contribution in [0.2, 0.25) is 0 Å². The molecule has 0 saturated carbocycles. The highest BCUT2D eigenvalue weighted by atomic mass is 16.5. The van der Waals surface area contributed by atoms with Crippen LogP contribution in [0.3, 0.4) is 0 Å². The van der Waals surface area contributed by atoms with Crippen molar-refractivity contribution < 1.29 is 14.2 Å². The van der Waals surface area contributed by atoms with E-state index >= 15 is 0 Å². The van der Waals surface area contributed by atoms with Crippen LogP contribution >= 0.6 is 0 Å². The lowest BCUT2D eigenvalue weighted by Crippen LogP contribution is -2.27. The van der Waals surface area contributed by atoms with Gasteiger partial charge in [0, 0.05) is 18.2 Å². The number of benzene rings is 1. The molecule has 1 aromatic rings. The Morgan fingerprint density at radius 2 is 1.70 bits per heavy atom. The first-order valence-corrected chi connectivity index (χ1v) is 7.22. The first-order chi connectivity index (χ1) is 9.71. The van der Waals surface area contributed by atoms with Gasteiger partial charge in [0.15, 0.2) is 11.5 Å². The third kappa shape index (κ3) is 4.04. The monoisotopic (exact) mass is 281 g/mol. The minimum Gasteiger partial charge on any atom is -0.493 e. The fourth-order valence-corrected chi connectivity index (χ4v) is 2.36. The van der Waals surface area contributed by atoms with Gasteiger partial charge in [0.25, 0.3) is 0 Å². The van der Waals surface area contributed by atoms with Crippen LogP contribution in [-0.2, 0) is 6.54 Å². The molecule has 0 aliphatic carbocycles. The molecule has 4 heteroatoms. The summed E-state index contributed by atoms with van der Waals surface area (Å²) >= 11 is 0. The molecule has 1 N–H and O–H groups in total. The Morgan fingerprint density at radius 3 is 2.20 bits per heavy atom. The topological polar surface area (TPSA) is 39.7 Å². The van der Waals surface area contributed by atoms with Crippen molar-refractivity contribution in [2.45, 2.75) is 45.7 Å². The molecule has 1 atom stereocenters. The quantitative estimate of drug-likeness (QED) is 0.753. The normalized spacial score (nSPS) is 12.1. The lowest BCUT2D eigenvalue weighted by molar-refractivity contribution is 0.320. The third-order valence-corrected chi connectivity index (χ3v) is 3.50. The summed E-state index contributed by atoms with van der Waals surface area (Å²) in [6, 6.07) is 4.48. The summed E-state index contributed by atoms with van der Waals surface area (Å²) in [5, 5.41) is 3.57. The van der Waals surface area contributed by atoms with E-state index in [2.05, 4.69) is 19.2 Å². The van der Waals surface area contributed by atoms with Gasteiger partial charge in [-0.1, -0.05) is 26.3 Å². The molecule has 0 radical (unpaired) electrons. The van der Waals surface area contributed by atoms with Crippen LogP contribution in [0.1, 0.15) is 38.7 Å². The first kappa shape index (κ1) is 16.6. The summed E-state index contributed by atoms with van der Waals surface area (Å²) < 4.78 is 16.2. The molecule has 0 bridgehead atoms. The average molecular weight is 281 g/mol. The van der Waals surface area contributed by atoms with E-state index in [0.717, 1.165) is 24.3 Å². The molecule has 0 spiro atoms. The number of nitrogens with one attached hydrogen (secondary N) is 1. The lowest BCUT2D eigenvalue weighted by atomic mass is 10.1. The summed E-state index contributed by atoms with van der Waals surface area (Å²) in [6.07, 6.45) is 3.50. The molecule has 0 aromatic heterocycles. The molecular formula is C16H27NO3. The van der Waals surface area contributed by atoms with Crippen LogP contribution in [-0.4, -0.2) is 27.4 Å². The summed E-state index contributed by atoms with van der Waals surface area (Å²) in [7, 11) is 4.91. The largest absolute Gasteiger partial charge is 0.493 e. The second-order valence-electron chi connectivity index (χ2n) is 4.77. The number of hydrogen-bond acceptors (Lipinski definition) is 4. The van der Waals surface area contributed by atoms with Gasteiger partial charge >= 0.3 is 0 Å². The Bertz CT molecular complexity index is 407. The first-order valence-electron chi connectivity index (χ1n) is 7.22. The molecule has 0 aliphatic rings. The number of methoxy groups -OCH3 is 3. The third-order valence-electron chi connectivity index (χ3n) is 3.50. The van der Waals surface area contributed by atoms with Crippen molar-refractivity contribution in [1.82, 2.24) is 5.32 Å². The Hall–Kier alpha value is -1.42. The van der Waals surface area contributed by atoms with E-state index in [4.69, 9.17) is 14.2 Å². The lowest BCUT2D eigenvalue weighted by Gasteiger charge is -2.19. The molecule has 4 nitrogen and oxygen atoms in total. The number of ether oxygens (including phenoxy) is 3. The van der Waals surface area contributed by atoms with E-state index in [1.165, 1.54) is 12.8 Å². The standard InChI is InChI=1S/C16H27NO3/c1-6-8-13(7-2)17-11-12-9-10-14(18-3)16(20-5)15(12)19-4/h9-10,13,17H,6-8,11H2,1-5H3. The Kier molecular flexibility index (Phi) is 7.23. The zero-order chi connectivity index (χ0) is 15.0. The molecule has 1 unspecified atom stereocenters. The second kappa shape index (κ2) is 8.69. The molecule has 0 saturated heterocycles. The second-order valence-corrected chi connectivity index (χ2v) is 4.77. The van der Waals surface area contributed by atoms with Gasteiger partial charge in [0.05, 0.1) is 21.3 Å². The highest BCUT2D eigenvalue weighted by molar-refractivity contribution is 5.55. The molecule has 0 amide bonds. The summed E-state index contributed by atoms with van der Waals surface area (Å²) in [4.78, 5) is 0. The Morgan fingerprint density at radius 1 is 1.00 bits per heavy atom. The summed E-state index contributed by atoms with van der Waals surface area (Å²) in [5.41, 5.74) is 1.08. The van der Waals surface area contributed by atoms with Gasteiger partial charge in [-0.15, -0.1) is 0 Å². The Labute approximate surface area is 122 Å². The zero-order valence-electron chi connectivity index (χ0n) is 13.3. The fourth-order valence-electron chi connectivity index (χ4n) is 2.36. The van der Waals surface area contributed by atoms with Crippen LogP contribution < -0.4 is 19.5 Å². The molecular weight excluding hydrogens is 254 g/mol. The number of rotatable bonds is 9. The minimum absolute atomic E-state index is 0.540. The van der Waals surface area contributed by atoms with E-state index in [1.807, 2.05) is 12.1 Å². The Balaban J connectivity index is 2.89. The molecule has 1 rings (SSSR count). The van der Waals surface area contributed by atoms with Crippen LogP contribution in [0.5, 0.6) is 17.2 Å². The van der Waals surface area contributed by atoms with Crippen LogP contribution in [0, 0.1) is 0 Å². The van der Waals surface area contributed by atoms with E-state index in [-0.39, 0.29) is 0 Å². The van der Waals surface area contributed by atoms with Crippen LogP contribution in [0.4, 0.5) is 0 Å². The number of hydrogen-bond donors (Lipinski definition) is 1. The van der Waals surface area contributed by atoms with Gasteiger partial charge in [-0.2, -0.15) is 0 Å². The maximum absolute atomic E-state index is 5.49. The average Bonchev–Trinajstić information content (AvgIpc) is 2.50. The van der Waals surface area contributed by atoms with Gasteiger partial charge in [-0.25, -0.2) is 0 Å². The minimum atomic E-state index is 0.540. The van der Waals surface area contributed by atoms with Crippen molar-refractivity contribution in [3.8, 4) is 17.2 Å². The van der Waals surface area contributed by atoms with E-state index in [0.29, 0.717) is 17.5 Å². The van der Waals surface area contributed by atoms with Crippen molar-refractivity contribution in [3.05, 3.63) is 17.7 Å². The summed E-state index contributed by atoms with van der Waals surface area (Å²) in [5.74, 6) is 2.08. The smallest absolute Gasteiger partial charge is 0.203 e. The van der Waals surface area contributed by atoms with Gasteiger partial charge in [0.1, 0.15) is 0 Å².